The van der Waals surface area contributed by atoms with Gasteiger partial charge in [-0.1, -0.05) is 0 Å². The number of benzene rings is 1. The number of hydrogen-bond acceptors (Lipinski definition) is 4. The van der Waals surface area contributed by atoms with Crippen molar-refractivity contribution in [1.29, 1.82) is 0 Å². The Bertz CT molecular complexity index is 349. The van der Waals surface area contributed by atoms with Crippen molar-refractivity contribution < 1.29 is 14.6 Å². The molecule has 0 aliphatic carbocycles. The minimum atomic E-state index is -0.405. The van der Waals surface area contributed by atoms with Crippen LogP contribution in [0, 0.1) is 0 Å². The first-order valence-electron chi connectivity index (χ1n) is 4.53. The van der Waals surface area contributed by atoms with Crippen LogP contribution in [0.25, 0.3) is 0 Å². The molecule has 1 aromatic rings. The predicted molar refractivity (Wildman–Crippen MR) is 52.4 cm³/mol. The summed E-state index contributed by atoms with van der Waals surface area (Å²) >= 11 is 0. The molecular weight excluding hydrogens is 182 g/mol. The molecule has 0 bridgehead atoms. The molecule has 1 unspecified atom stereocenters. The van der Waals surface area contributed by atoms with E-state index in [-0.39, 0.29) is 6.79 Å². The Hall–Kier alpha value is -1.42. The highest BCUT2D eigenvalue weighted by molar-refractivity contribution is 5.58. The van der Waals surface area contributed by atoms with Gasteiger partial charge in [-0.25, -0.2) is 0 Å². The summed E-state index contributed by atoms with van der Waals surface area (Å²) in [6.45, 7) is 1.97. The molecule has 14 heavy (non-hydrogen) atoms. The molecule has 1 heterocycles. The summed E-state index contributed by atoms with van der Waals surface area (Å²) in [6.07, 6.45) is 0.125. The zero-order valence-electron chi connectivity index (χ0n) is 7.99. The molecule has 1 atom stereocenters. The van der Waals surface area contributed by atoms with Crippen molar-refractivity contribution in [3.8, 4) is 11.5 Å². The average Bonchev–Trinajstić information content (AvgIpc) is 2.51. The number of aliphatic hydroxyl groups excluding tert-OH is 1. The standard InChI is InChI=1S/C10H13NO3/c1-6(12)2-7-3-9-10(4-8(7)11)14-5-13-9/h3-4,6,12H,2,5,11H2,1H3. The Morgan fingerprint density at radius 2 is 2.07 bits per heavy atom. The van der Waals surface area contributed by atoms with E-state index in [1.54, 1.807) is 13.0 Å². The molecular formula is C10H13NO3. The smallest absolute Gasteiger partial charge is 0.231 e. The second-order valence-electron chi connectivity index (χ2n) is 3.46. The van der Waals surface area contributed by atoms with Crippen molar-refractivity contribution in [1.82, 2.24) is 0 Å². The van der Waals surface area contributed by atoms with E-state index in [0.717, 1.165) is 5.56 Å². The summed E-state index contributed by atoms with van der Waals surface area (Å²) in [5, 5.41) is 9.25. The minimum absolute atomic E-state index is 0.243. The van der Waals surface area contributed by atoms with Gasteiger partial charge in [-0.2, -0.15) is 0 Å². The second-order valence-corrected chi connectivity index (χ2v) is 3.46. The van der Waals surface area contributed by atoms with Crippen LogP contribution in [0.5, 0.6) is 11.5 Å². The lowest BCUT2D eigenvalue weighted by molar-refractivity contribution is 0.174. The van der Waals surface area contributed by atoms with Crippen molar-refractivity contribution in [2.75, 3.05) is 12.5 Å². The highest BCUT2D eigenvalue weighted by atomic mass is 16.7. The minimum Gasteiger partial charge on any atom is -0.454 e. The van der Waals surface area contributed by atoms with E-state index in [1.807, 2.05) is 6.07 Å². The van der Waals surface area contributed by atoms with Gasteiger partial charge in [-0.15, -0.1) is 0 Å². The third kappa shape index (κ3) is 1.61. The molecule has 1 aliphatic rings. The fraction of sp³-hybridized carbons (Fsp3) is 0.400. The molecule has 0 saturated carbocycles. The van der Waals surface area contributed by atoms with E-state index in [1.165, 1.54) is 0 Å². The topological polar surface area (TPSA) is 64.7 Å². The molecule has 3 N–H and O–H groups in total. The zero-order chi connectivity index (χ0) is 10.1. The second kappa shape index (κ2) is 3.38. The van der Waals surface area contributed by atoms with Crippen LogP contribution in [-0.4, -0.2) is 18.0 Å². The fourth-order valence-corrected chi connectivity index (χ4v) is 1.49. The van der Waals surface area contributed by atoms with Crippen molar-refractivity contribution in [3.63, 3.8) is 0 Å². The number of aliphatic hydroxyl groups is 1. The van der Waals surface area contributed by atoms with Crippen molar-refractivity contribution in [2.45, 2.75) is 19.4 Å². The Morgan fingerprint density at radius 3 is 2.71 bits per heavy atom. The molecule has 2 rings (SSSR count). The van der Waals surface area contributed by atoms with Crippen LogP contribution >= 0.6 is 0 Å². The number of nitrogen functional groups attached to an aromatic ring is 1. The maximum absolute atomic E-state index is 9.25. The van der Waals surface area contributed by atoms with Gasteiger partial charge in [-0.3, -0.25) is 0 Å². The largest absolute Gasteiger partial charge is 0.454 e. The van der Waals surface area contributed by atoms with Crippen LogP contribution in [0.15, 0.2) is 12.1 Å². The van der Waals surface area contributed by atoms with Gasteiger partial charge in [0.15, 0.2) is 11.5 Å². The Kier molecular flexibility index (Phi) is 2.21. The number of hydrogen-bond donors (Lipinski definition) is 2. The van der Waals surface area contributed by atoms with Crippen LogP contribution in [0.3, 0.4) is 0 Å². The first-order valence-corrected chi connectivity index (χ1v) is 4.53. The van der Waals surface area contributed by atoms with Gasteiger partial charge >= 0.3 is 0 Å². The molecule has 1 aliphatic heterocycles. The lowest BCUT2D eigenvalue weighted by Gasteiger charge is -2.08. The number of rotatable bonds is 2. The van der Waals surface area contributed by atoms with Gasteiger partial charge in [0.2, 0.25) is 6.79 Å². The summed E-state index contributed by atoms with van der Waals surface area (Å²) in [5.74, 6) is 1.38. The first-order chi connectivity index (χ1) is 6.66. The van der Waals surface area contributed by atoms with E-state index >= 15 is 0 Å². The van der Waals surface area contributed by atoms with Crippen LogP contribution in [-0.2, 0) is 6.42 Å². The molecule has 4 heteroatoms. The van der Waals surface area contributed by atoms with E-state index in [0.29, 0.717) is 23.6 Å². The fourth-order valence-electron chi connectivity index (χ4n) is 1.49. The van der Waals surface area contributed by atoms with Crippen LogP contribution < -0.4 is 15.2 Å². The van der Waals surface area contributed by atoms with Crippen molar-refractivity contribution >= 4 is 5.69 Å². The average molecular weight is 195 g/mol. The normalized spacial score (nSPS) is 15.6. The predicted octanol–water partition coefficient (Wildman–Crippen LogP) is 0.921. The maximum atomic E-state index is 9.25. The highest BCUT2D eigenvalue weighted by Crippen LogP contribution is 2.36. The van der Waals surface area contributed by atoms with Crippen molar-refractivity contribution in [3.05, 3.63) is 17.7 Å². The van der Waals surface area contributed by atoms with Crippen LogP contribution in [0.4, 0.5) is 5.69 Å². The molecule has 0 saturated heterocycles. The SMILES string of the molecule is CC(O)Cc1cc2c(cc1N)OCO2. The number of anilines is 1. The van der Waals surface area contributed by atoms with E-state index in [2.05, 4.69) is 0 Å². The Balaban J connectivity index is 2.32. The summed E-state index contributed by atoms with van der Waals surface area (Å²) < 4.78 is 10.4. The zero-order valence-corrected chi connectivity index (χ0v) is 7.99. The summed E-state index contributed by atoms with van der Waals surface area (Å²) in [6, 6.07) is 3.56. The molecule has 0 aromatic heterocycles. The third-order valence-corrected chi connectivity index (χ3v) is 2.15. The van der Waals surface area contributed by atoms with E-state index in [9.17, 15) is 5.11 Å². The summed E-state index contributed by atoms with van der Waals surface area (Å²) in [5.41, 5.74) is 7.32. The van der Waals surface area contributed by atoms with Gasteiger partial charge in [0.25, 0.3) is 0 Å². The monoisotopic (exact) mass is 195 g/mol. The van der Waals surface area contributed by atoms with Crippen LogP contribution in [0.2, 0.25) is 0 Å². The van der Waals surface area contributed by atoms with Gasteiger partial charge in [0.1, 0.15) is 0 Å². The highest BCUT2D eigenvalue weighted by Gasteiger charge is 2.16. The van der Waals surface area contributed by atoms with Crippen LogP contribution in [0.1, 0.15) is 12.5 Å². The molecule has 0 radical (unpaired) electrons. The molecule has 4 nitrogen and oxygen atoms in total. The quantitative estimate of drug-likeness (QED) is 0.689. The van der Waals surface area contributed by atoms with E-state index in [4.69, 9.17) is 15.2 Å². The number of nitrogens with two attached hydrogens (primary N) is 1. The molecule has 0 amide bonds. The first kappa shape index (κ1) is 9.15. The molecule has 0 spiro atoms. The molecule has 0 fully saturated rings. The van der Waals surface area contributed by atoms with E-state index < -0.39 is 6.10 Å². The summed E-state index contributed by atoms with van der Waals surface area (Å²) in [7, 11) is 0. The van der Waals surface area contributed by atoms with Gasteiger partial charge in [0, 0.05) is 18.2 Å². The maximum Gasteiger partial charge on any atom is 0.231 e. The Morgan fingerprint density at radius 1 is 1.43 bits per heavy atom. The van der Waals surface area contributed by atoms with Gasteiger partial charge in [0.05, 0.1) is 6.10 Å². The van der Waals surface area contributed by atoms with Crippen molar-refractivity contribution in [2.24, 2.45) is 0 Å². The third-order valence-electron chi connectivity index (χ3n) is 2.15. The Labute approximate surface area is 82.2 Å². The lowest BCUT2D eigenvalue weighted by Crippen LogP contribution is -2.06. The molecule has 76 valence electrons. The van der Waals surface area contributed by atoms with Gasteiger partial charge in [-0.05, 0) is 18.6 Å². The number of ether oxygens (including phenoxy) is 2. The molecule has 1 aromatic carbocycles. The summed E-state index contributed by atoms with van der Waals surface area (Å²) in [4.78, 5) is 0. The number of fused-ring (bicyclic) bond motifs is 1. The van der Waals surface area contributed by atoms with Gasteiger partial charge < -0.3 is 20.3 Å². The lowest BCUT2D eigenvalue weighted by atomic mass is 10.1.